The third kappa shape index (κ3) is 4.83. The second-order valence-electron chi connectivity index (χ2n) is 15.6. The fourth-order valence-corrected chi connectivity index (χ4v) is 9.24. The largest absolute Gasteiger partial charge is 0.310 e. The Bertz CT molecular complexity index is 2460. The highest BCUT2D eigenvalue weighted by atomic mass is 15.1. The minimum absolute atomic E-state index is 0.0396. The van der Waals surface area contributed by atoms with E-state index in [1.54, 1.807) is 0 Å². The lowest BCUT2D eigenvalue weighted by Gasteiger charge is -2.28. The van der Waals surface area contributed by atoms with Crippen LogP contribution < -0.4 is 4.90 Å². The van der Waals surface area contributed by atoms with Crippen molar-refractivity contribution in [2.75, 3.05) is 4.90 Å². The molecule has 0 unspecified atom stereocenters. The summed E-state index contributed by atoms with van der Waals surface area (Å²) >= 11 is 0. The van der Waals surface area contributed by atoms with Crippen molar-refractivity contribution in [3.63, 3.8) is 0 Å². The summed E-state index contributed by atoms with van der Waals surface area (Å²) in [6.07, 6.45) is 0. The Morgan fingerprint density at radius 1 is 0.392 bits per heavy atom. The maximum Gasteiger partial charge on any atom is 0.0465 e. The van der Waals surface area contributed by atoms with E-state index in [-0.39, 0.29) is 10.8 Å². The molecule has 0 saturated carbocycles. The molecular formula is C50H43N. The highest BCUT2D eigenvalue weighted by Crippen LogP contribution is 2.54. The van der Waals surface area contributed by atoms with Gasteiger partial charge in [-0.25, -0.2) is 0 Å². The van der Waals surface area contributed by atoms with Crippen molar-refractivity contribution in [1.82, 2.24) is 0 Å². The molecule has 0 aromatic heterocycles. The zero-order valence-electron chi connectivity index (χ0n) is 30.4. The van der Waals surface area contributed by atoms with Crippen LogP contribution in [0.25, 0.3) is 44.5 Å². The van der Waals surface area contributed by atoms with Gasteiger partial charge in [-0.05, 0) is 123 Å². The molecule has 9 rings (SSSR count). The number of hydrogen-bond donors (Lipinski definition) is 0. The van der Waals surface area contributed by atoms with Gasteiger partial charge in [0.15, 0.2) is 0 Å². The molecule has 0 saturated heterocycles. The lowest BCUT2D eigenvalue weighted by molar-refractivity contribution is 0.655. The van der Waals surface area contributed by atoms with Gasteiger partial charge >= 0.3 is 0 Å². The van der Waals surface area contributed by atoms with Gasteiger partial charge in [0.1, 0.15) is 0 Å². The number of benzene rings is 7. The summed E-state index contributed by atoms with van der Waals surface area (Å²) in [5.74, 6) is 0. The molecule has 0 bridgehead atoms. The molecule has 2 aliphatic rings. The molecule has 248 valence electrons. The van der Waals surface area contributed by atoms with E-state index in [9.17, 15) is 0 Å². The third-order valence-electron chi connectivity index (χ3n) is 11.6. The van der Waals surface area contributed by atoms with Crippen LogP contribution in [-0.4, -0.2) is 0 Å². The predicted molar refractivity (Wildman–Crippen MR) is 217 cm³/mol. The minimum atomic E-state index is -0.0803. The van der Waals surface area contributed by atoms with E-state index >= 15 is 0 Å². The molecule has 2 aliphatic carbocycles. The topological polar surface area (TPSA) is 3.24 Å². The van der Waals surface area contributed by atoms with Gasteiger partial charge in [-0.15, -0.1) is 0 Å². The summed E-state index contributed by atoms with van der Waals surface area (Å²) < 4.78 is 0. The quantitative estimate of drug-likeness (QED) is 0.178. The Balaban J connectivity index is 1.17. The SMILES string of the molecule is Cc1cc(C)c2c(c1)-c1c(-c3ccc(N(c4ccc(-c5ccccc5)cc4)c4ccc5c(c4)C(C)(C)c4ccccc4-5)cc3)cccc1C2(C)C. The molecule has 0 amide bonds. The lowest BCUT2D eigenvalue weighted by Crippen LogP contribution is -2.16. The fraction of sp³-hybridized carbons (Fsp3) is 0.160. The van der Waals surface area contributed by atoms with Crippen LogP contribution >= 0.6 is 0 Å². The molecule has 1 heteroatoms. The second-order valence-corrected chi connectivity index (χ2v) is 15.6. The van der Waals surface area contributed by atoms with E-state index in [0.29, 0.717) is 0 Å². The van der Waals surface area contributed by atoms with Crippen molar-refractivity contribution in [3.05, 3.63) is 185 Å². The molecule has 0 N–H and O–H groups in total. The number of anilines is 3. The summed E-state index contributed by atoms with van der Waals surface area (Å²) in [5.41, 5.74) is 22.1. The maximum absolute atomic E-state index is 2.42. The summed E-state index contributed by atoms with van der Waals surface area (Å²) in [4.78, 5) is 2.42. The summed E-state index contributed by atoms with van der Waals surface area (Å²) in [5, 5.41) is 0. The number of hydrogen-bond acceptors (Lipinski definition) is 1. The molecule has 0 atom stereocenters. The summed E-state index contributed by atoms with van der Waals surface area (Å²) in [6, 6.07) is 56.4. The van der Waals surface area contributed by atoms with Crippen molar-refractivity contribution in [2.24, 2.45) is 0 Å². The molecule has 7 aromatic carbocycles. The van der Waals surface area contributed by atoms with Crippen LogP contribution in [0.3, 0.4) is 0 Å². The zero-order chi connectivity index (χ0) is 35.1. The van der Waals surface area contributed by atoms with Gasteiger partial charge in [0.2, 0.25) is 0 Å². The molecule has 0 fully saturated rings. The van der Waals surface area contributed by atoms with Crippen LogP contribution in [-0.2, 0) is 10.8 Å². The van der Waals surface area contributed by atoms with Crippen molar-refractivity contribution < 1.29 is 0 Å². The van der Waals surface area contributed by atoms with Crippen LogP contribution in [0.15, 0.2) is 152 Å². The first kappa shape index (κ1) is 31.3. The maximum atomic E-state index is 2.42. The Hall–Kier alpha value is -5.66. The molecular weight excluding hydrogens is 615 g/mol. The first-order valence-corrected chi connectivity index (χ1v) is 18.2. The van der Waals surface area contributed by atoms with Crippen molar-refractivity contribution in [2.45, 2.75) is 52.4 Å². The fourth-order valence-electron chi connectivity index (χ4n) is 9.24. The van der Waals surface area contributed by atoms with Crippen LogP contribution in [0.2, 0.25) is 0 Å². The van der Waals surface area contributed by atoms with Crippen molar-refractivity contribution in [3.8, 4) is 44.5 Å². The van der Waals surface area contributed by atoms with Crippen LogP contribution in [0.5, 0.6) is 0 Å². The number of nitrogens with zero attached hydrogens (tertiary/aromatic N) is 1. The average Bonchev–Trinajstić information content (AvgIpc) is 3.52. The van der Waals surface area contributed by atoms with Crippen molar-refractivity contribution in [1.29, 1.82) is 0 Å². The number of rotatable bonds is 5. The van der Waals surface area contributed by atoms with Crippen molar-refractivity contribution >= 4 is 17.1 Å². The highest BCUT2D eigenvalue weighted by Gasteiger charge is 2.38. The Morgan fingerprint density at radius 3 is 1.69 bits per heavy atom. The van der Waals surface area contributed by atoms with Gasteiger partial charge < -0.3 is 4.90 Å². The van der Waals surface area contributed by atoms with Gasteiger partial charge in [-0.3, -0.25) is 0 Å². The van der Waals surface area contributed by atoms with Crippen LogP contribution in [0.1, 0.15) is 61.1 Å². The average molecular weight is 658 g/mol. The lowest BCUT2D eigenvalue weighted by atomic mass is 9.80. The van der Waals surface area contributed by atoms with Crippen LogP contribution in [0, 0.1) is 13.8 Å². The molecule has 0 aliphatic heterocycles. The third-order valence-corrected chi connectivity index (χ3v) is 11.6. The zero-order valence-corrected chi connectivity index (χ0v) is 30.4. The first-order chi connectivity index (χ1) is 24.6. The first-order valence-electron chi connectivity index (χ1n) is 18.2. The minimum Gasteiger partial charge on any atom is -0.310 e. The summed E-state index contributed by atoms with van der Waals surface area (Å²) in [6.45, 7) is 14.0. The molecule has 0 heterocycles. The number of aryl methyl sites for hydroxylation is 2. The van der Waals surface area contributed by atoms with Gasteiger partial charge in [-0.2, -0.15) is 0 Å². The number of fused-ring (bicyclic) bond motifs is 6. The Labute approximate surface area is 302 Å². The Kier molecular flexibility index (Phi) is 7.03. The van der Waals surface area contributed by atoms with Gasteiger partial charge in [0.05, 0.1) is 0 Å². The normalized spacial score (nSPS) is 14.4. The van der Waals surface area contributed by atoms with Gasteiger partial charge in [0, 0.05) is 27.9 Å². The smallest absolute Gasteiger partial charge is 0.0465 e. The van der Waals surface area contributed by atoms with Gasteiger partial charge in [0.25, 0.3) is 0 Å². The van der Waals surface area contributed by atoms with Crippen LogP contribution in [0.4, 0.5) is 17.1 Å². The monoisotopic (exact) mass is 657 g/mol. The van der Waals surface area contributed by atoms with E-state index < -0.39 is 0 Å². The summed E-state index contributed by atoms with van der Waals surface area (Å²) in [7, 11) is 0. The van der Waals surface area contributed by atoms with Gasteiger partial charge in [-0.1, -0.05) is 149 Å². The highest BCUT2D eigenvalue weighted by molar-refractivity contribution is 5.94. The molecule has 0 spiro atoms. The van der Waals surface area contributed by atoms with E-state index in [4.69, 9.17) is 0 Å². The van der Waals surface area contributed by atoms with E-state index in [1.165, 1.54) is 77.9 Å². The molecule has 51 heavy (non-hydrogen) atoms. The van der Waals surface area contributed by atoms with E-state index in [0.717, 1.165) is 17.1 Å². The second kappa shape index (κ2) is 11.4. The molecule has 1 nitrogen and oxygen atoms in total. The predicted octanol–water partition coefficient (Wildman–Crippen LogP) is 13.7. The van der Waals surface area contributed by atoms with E-state index in [2.05, 4.69) is 198 Å². The molecule has 7 aromatic rings. The van der Waals surface area contributed by atoms with E-state index in [1.807, 2.05) is 0 Å². The standard InChI is InChI=1S/C50H43N/c1-32-29-33(2)48-43(30-32)47-40(16-12-18-45(47)50(48,5)6)36-21-25-38(26-22-36)51(37-23-19-35(20-24-37)34-13-8-7-9-14-34)39-27-28-42-41-15-10-11-17-44(41)49(3,4)46(42)31-39/h7-31H,1-6H3. The molecule has 0 radical (unpaired) electrons. The Morgan fingerprint density at radius 2 is 0.961 bits per heavy atom.